The van der Waals surface area contributed by atoms with Crippen molar-refractivity contribution in [2.75, 3.05) is 38.5 Å². The van der Waals surface area contributed by atoms with Gasteiger partial charge in [-0.15, -0.1) is 0 Å². The molecule has 0 aromatic heterocycles. The summed E-state index contributed by atoms with van der Waals surface area (Å²) in [6.45, 7) is 17.7. The van der Waals surface area contributed by atoms with Gasteiger partial charge < -0.3 is 10.2 Å². The van der Waals surface area contributed by atoms with Gasteiger partial charge in [0.15, 0.2) is 0 Å². The molecule has 0 aliphatic carbocycles. The van der Waals surface area contributed by atoms with E-state index in [2.05, 4.69) is 56.6 Å². The molecular weight excluding hydrogens is 240 g/mol. The summed E-state index contributed by atoms with van der Waals surface area (Å²) in [7, 11) is 0. The maximum absolute atomic E-state index is 3.55. The van der Waals surface area contributed by atoms with Crippen LogP contribution in [0.25, 0.3) is 0 Å². The highest BCUT2D eigenvalue weighted by Gasteiger charge is 2.32. The van der Waals surface area contributed by atoms with Crippen molar-refractivity contribution in [1.29, 1.82) is 0 Å². The Balaban J connectivity index is 2.54. The second-order valence-electron chi connectivity index (χ2n) is 6.66. The Kier molecular flexibility index (Phi) is 6.49. The topological polar surface area (TPSA) is 15.3 Å². The summed E-state index contributed by atoms with van der Waals surface area (Å²) in [5.41, 5.74) is 0.433. The van der Waals surface area contributed by atoms with Gasteiger partial charge in [0.1, 0.15) is 0 Å². The quantitative estimate of drug-likeness (QED) is 0.766. The van der Waals surface area contributed by atoms with Crippen molar-refractivity contribution in [1.82, 2.24) is 10.2 Å². The minimum absolute atomic E-state index is 0.433. The first-order valence-electron chi connectivity index (χ1n) is 7.48. The first-order chi connectivity index (χ1) is 8.41. The van der Waals surface area contributed by atoms with E-state index in [0.717, 1.165) is 13.1 Å². The van der Waals surface area contributed by atoms with Crippen LogP contribution in [-0.4, -0.2) is 48.1 Å². The third-order valence-electron chi connectivity index (χ3n) is 3.77. The van der Waals surface area contributed by atoms with E-state index >= 15 is 0 Å². The lowest BCUT2D eigenvalue weighted by atomic mass is 9.84. The highest BCUT2D eigenvalue weighted by atomic mass is 32.2. The first-order valence-corrected chi connectivity index (χ1v) is 8.46. The Morgan fingerprint density at radius 1 is 1.33 bits per heavy atom. The average Bonchev–Trinajstić information content (AvgIpc) is 2.25. The third kappa shape index (κ3) is 5.50. The fourth-order valence-corrected chi connectivity index (χ4v) is 4.22. The summed E-state index contributed by atoms with van der Waals surface area (Å²) in [6, 6.07) is 0. The smallest absolute Gasteiger partial charge is 0.0231 e. The average molecular weight is 273 g/mol. The SMILES string of the molecule is CCCC(C)(CNCC)CN1CCSC(C)(C)C1. The van der Waals surface area contributed by atoms with Gasteiger partial charge in [0, 0.05) is 36.7 Å². The number of nitrogens with one attached hydrogen (secondary N) is 1. The van der Waals surface area contributed by atoms with E-state index in [0.29, 0.717) is 10.2 Å². The Morgan fingerprint density at radius 2 is 2.06 bits per heavy atom. The van der Waals surface area contributed by atoms with Crippen LogP contribution in [0.5, 0.6) is 0 Å². The summed E-state index contributed by atoms with van der Waals surface area (Å²) in [5.74, 6) is 1.29. The maximum atomic E-state index is 3.55. The molecule has 108 valence electrons. The molecule has 1 aliphatic rings. The second-order valence-corrected chi connectivity index (χ2v) is 8.46. The zero-order valence-corrected chi connectivity index (χ0v) is 13.8. The van der Waals surface area contributed by atoms with Gasteiger partial charge in [-0.05, 0) is 32.2 Å². The van der Waals surface area contributed by atoms with E-state index in [-0.39, 0.29) is 0 Å². The van der Waals surface area contributed by atoms with Crippen LogP contribution < -0.4 is 5.32 Å². The van der Waals surface area contributed by atoms with Crippen molar-refractivity contribution in [2.24, 2.45) is 5.41 Å². The summed E-state index contributed by atoms with van der Waals surface area (Å²) >= 11 is 2.12. The lowest BCUT2D eigenvalue weighted by Crippen LogP contribution is -2.49. The maximum Gasteiger partial charge on any atom is 0.0231 e. The molecule has 0 spiro atoms. The monoisotopic (exact) mass is 272 g/mol. The molecule has 1 rings (SSSR count). The molecule has 1 unspecified atom stereocenters. The molecule has 0 radical (unpaired) electrons. The van der Waals surface area contributed by atoms with Gasteiger partial charge >= 0.3 is 0 Å². The number of hydrogen-bond acceptors (Lipinski definition) is 3. The number of nitrogens with zero attached hydrogens (tertiary/aromatic N) is 1. The summed E-state index contributed by atoms with van der Waals surface area (Å²) < 4.78 is 0.434. The van der Waals surface area contributed by atoms with E-state index < -0.39 is 0 Å². The minimum Gasteiger partial charge on any atom is -0.316 e. The van der Waals surface area contributed by atoms with E-state index in [1.807, 2.05) is 0 Å². The molecule has 2 nitrogen and oxygen atoms in total. The van der Waals surface area contributed by atoms with E-state index in [4.69, 9.17) is 0 Å². The normalized spacial score (nSPS) is 23.8. The summed E-state index contributed by atoms with van der Waals surface area (Å²) in [4.78, 5) is 2.68. The van der Waals surface area contributed by atoms with Crippen LogP contribution in [0.3, 0.4) is 0 Å². The van der Waals surface area contributed by atoms with Crippen molar-refractivity contribution in [3.63, 3.8) is 0 Å². The Morgan fingerprint density at radius 3 is 2.61 bits per heavy atom. The molecule has 0 amide bonds. The van der Waals surface area contributed by atoms with Crippen molar-refractivity contribution in [2.45, 2.75) is 52.2 Å². The van der Waals surface area contributed by atoms with Gasteiger partial charge in [-0.2, -0.15) is 11.8 Å². The fourth-order valence-electron chi connectivity index (χ4n) is 3.04. The van der Waals surface area contributed by atoms with Crippen LogP contribution in [0.4, 0.5) is 0 Å². The molecule has 1 saturated heterocycles. The first kappa shape index (κ1) is 16.3. The molecule has 1 N–H and O–H groups in total. The van der Waals surface area contributed by atoms with Crippen LogP contribution in [0.15, 0.2) is 0 Å². The predicted octanol–water partition coefficient (Wildman–Crippen LogP) is 3.23. The highest BCUT2D eigenvalue weighted by Crippen LogP contribution is 2.32. The summed E-state index contributed by atoms with van der Waals surface area (Å²) in [5, 5.41) is 3.55. The molecule has 1 fully saturated rings. The second kappa shape index (κ2) is 7.16. The highest BCUT2D eigenvalue weighted by molar-refractivity contribution is 8.00. The molecule has 1 heterocycles. The molecule has 0 saturated carbocycles. The van der Waals surface area contributed by atoms with Crippen LogP contribution in [0, 0.1) is 5.41 Å². The van der Waals surface area contributed by atoms with Gasteiger partial charge in [0.25, 0.3) is 0 Å². The molecular formula is C15H32N2S. The Labute approximate surface area is 118 Å². The van der Waals surface area contributed by atoms with Gasteiger partial charge in [-0.3, -0.25) is 0 Å². The van der Waals surface area contributed by atoms with Crippen LogP contribution in [-0.2, 0) is 0 Å². The Hall–Kier alpha value is 0.270. The minimum atomic E-state index is 0.433. The zero-order valence-electron chi connectivity index (χ0n) is 13.0. The predicted molar refractivity (Wildman–Crippen MR) is 84.5 cm³/mol. The standard InChI is InChI=1S/C15H32N2S/c1-6-8-15(5,11-16-7-2)13-17-9-10-18-14(3,4)12-17/h16H,6-13H2,1-5H3. The van der Waals surface area contributed by atoms with Crippen molar-refractivity contribution < 1.29 is 0 Å². The largest absolute Gasteiger partial charge is 0.316 e. The van der Waals surface area contributed by atoms with Crippen molar-refractivity contribution >= 4 is 11.8 Å². The van der Waals surface area contributed by atoms with Gasteiger partial charge in [-0.25, -0.2) is 0 Å². The van der Waals surface area contributed by atoms with Gasteiger partial charge in [0.05, 0.1) is 0 Å². The van der Waals surface area contributed by atoms with Crippen molar-refractivity contribution in [3.8, 4) is 0 Å². The molecule has 0 bridgehead atoms. The van der Waals surface area contributed by atoms with Crippen LogP contribution >= 0.6 is 11.8 Å². The van der Waals surface area contributed by atoms with E-state index in [1.54, 1.807) is 0 Å². The summed E-state index contributed by atoms with van der Waals surface area (Å²) in [6.07, 6.45) is 2.61. The molecule has 1 atom stereocenters. The van der Waals surface area contributed by atoms with Gasteiger partial charge in [0.2, 0.25) is 0 Å². The molecule has 3 heteroatoms. The number of thioether (sulfide) groups is 1. The third-order valence-corrected chi connectivity index (χ3v) is 5.06. The zero-order chi connectivity index (χ0) is 13.6. The number of hydrogen-bond donors (Lipinski definition) is 1. The van der Waals surface area contributed by atoms with Crippen LogP contribution in [0.1, 0.15) is 47.5 Å². The fraction of sp³-hybridized carbons (Fsp3) is 1.00. The van der Waals surface area contributed by atoms with E-state index in [9.17, 15) is 0 Å². The molecule has 0 aromatic carbocycles. The molecule has 0 aromatic rings. The van der Waals surface area contributed by atoms with E-state index in [1.165, 1.54) is 38.2 Å². The van der Waals surface area contributed by atoms with Gasteiger partial charge in [-0.1, -0.05) is 27.2 Å². The Bertz CT molecular complexity index is 243. The molecule has 1 aliphatic heterocycles. The molecule has 18 heavy (non-hydrogen) atoms. The lowest BCUT2D eigenvalue weighted by molar-refractivity contribution is 0.145. The van der Waals surface area contributed by atoms with Crippen molar-refractivity contribution in [3.05, 3.63) is 0 Å². The number of rotatable bonds is 7. The lowest BCUT2D eigenvalue weighted by Gasteiger charge is -2.42. The van der Waals surface area contributed by atoms with Crippen LogP contribution in [0.2, 0.25) is 0 Å².